The first-order valence-electron chi connectivity index (χ1n) is 6.48. The molecular weight excluding hydrogens is 269 g/mol. The summed E-state index contributed by atoms with van der Waals surface area (Å²) in [4.78, 5) is 8.36. The molecule has 0 radical (unpaired) electrons. The molecule has 2 heterocycles. The number of rotatable bonds is 4. The lowest BCUT2D eigenvalue weighted by Gasteiger charge is -2.07. The van der Waals surface area contributed by atoms with Crippen molar-refractivity contribution in [1.82, 2.24) is 14.5 Å². The van der Waals surface area contributed by atoms with Gasteiger partial charge in [0.05, 0.1) is 12.5 Å². The first-order chi connectivity index (χ1) is 10.2. The van der Waals surface area contributed by atoms with Gasteiger partial charge in [-0.3, -0.25) is 0 Å². The van der Waals surface area contributed by atoms with Gasteiger partial charge in [0.25, 0.3) is 0 Å². The lowest BCUT2D eigenvalue weighted by atomic mass is 9.80. The van der Waals surface area contributed by atoms with Crippen LogP contribution in [0.4, 0.5) is 0 Å². The zero-order chi connectivity index (χ0) is 14.8. The fraction of sp³-hybridized carbons (Fsp3) is 0.143. The van der Waals surface area contributed by atoms with Crippen LogP contribution in [0.25, 0.3) is 11.0 Å². The van der Waals surface area contributed by atoms with Crippen LogP contribution in [0.2, 0.25) is 0 Å². The fourth-order valence-corrected chi connectivity index (χ4v) is 2.26. The molecule has 3 aromatic rings. The Balaban J connectivity index is 1.91. The average molecular weight is 283 g/mol. The third-order valence-corrected chi connectivity index (χ3v) is 3.34. The second-order valence-electron chi connectivity index (χ2n) is 4.68. The molecule has 2 aromatic heterocycles. The molecule has 0 aliphatic carbocycles. The molecule has 0 aliphatic rings. The lowest BCUT2D eigenvalue weighted by molar-refractivity contribution is 0.402. The number of nitrogens with zero attached hydrogens (tertiary/aromatic N) is 3. The number of hydrogen-bond acceptors (Lipinski definition) is 5. The number of ether oxygens (including phenoxy) is 1. The third kappa shape index (κ3) is 2.61. The zero-order valence-electron chi connectivity index (χ0n) is 11.5. The standard InChI is InChI=1S/C14H14BN3O3/c1-21-14-12-6-7-18(13(12)16-9-17-14)8-10-2-4-11(5-3-10)15(19)20/h2-7,9,19-20H,8H2,1H3. The van der Waals surface area contributed by atoms with E-state index in [1.165, 1.54) is 6.33 Å². The molecule has 0 aliphatic heterocycles. The molecule has 21 heavy (non-hydrogen) atoms. The van der Waals surface area contributed by atoms with Crippen LogP contribution in [0.3, 0.4) is 0 Å². The van der Waals surface area contributed by atoms with Crippen LogP contribution in [-0.2, 0) is 6.54 Å². The highest BCUT2D eigenvalue weighted by atomic mass is 16.5. The van der Waals surface area contributed by atoms with Gasteiger partial charge >= 0.3 is 7.12 Å². The van der Waals surface area contributed by atoms with Crippen molar-refractivity contribution < 1.29 is 14.8 Å². The van der Waals surface area contributed by atoms with Gasteiger partial charge in [-0.05, 0) is 17.1 Å². The van der Waals surface area contributed by atoms with Crippen molar-refractivity contribution in [2.75, 3.05) is 7.11 Å². The summed E-state index contributed by atoms with van der Waals surface area (Å²) in [5.41, 5.74) is 2.31. The maximum atomic E-state index is 9.09. The maximum absolute atomic E-state index is 9.09. The van der Waals surface area contributed by atoms with E-state index in [-0.39, 0.29) is 0 Å². The van der Waals surface area contributed by atoms with Crippen molar-refractivity contribution in [2.45, 2.75) is 6.54 Å². The van der Waals surface area contributed by atoms with Gasteiger partial charge in [0, 0.05) is 12.7 Å². The quantitative estimate of drug-likeness (QED) is 0.667. The van der Waals surface area contributed by atoms with E-state index in [1.54, 1.807) is 19.2 Å². The van der Waals surface area contributed by atoms with E-state index in [0.717, 1.165) is 16.6 Å². The monoisotopic (exact) mass is 283 g/mol. The number of benzene rings is 1. The van der Waals surface area contributed by atoms with Crippen LogP contribution in [0, 0.1) is 0 Å². The van der Waals surface area contributed by atoms with Crippen molar-refractivity contribution in [1.29, 1.82) is 0 Å². The van der Waals surface area contributed by atoms with Crippen LogP contribution < -0.4 is 10.2 Å². The number of methoxy groups -OCH3 is 1. The second kappa shape index (κ2) is 5.55. The van der Waals surface area contributed by atoms with Crippen LogP contribution in [0.1, 0.15) is 5.56 Å². The molecule has 0 saturated carbocycles. The SMILES string of the molecule is COc1ncnc2c1ccn2Cc1ccc(B(O)O)cc1. The highest BCUT2D eigenvalue weighted by Gasteiger charge is 2.11. The summed E-state index contributed by atoms with van der Waals surface area (Å²) in [6.45, 7) is 0.630. The lowest BCUT2D eigenvalue weighted by Crippen LogP contribution is -2.29. The highest BCUT2D eigenvalue weighted by Crippen LogP contribution is 2.22. The molecule has 1 aromatic carbocycles. The van der Waals surface area contributed by atoms with Crippen molar-refractivity contribution in [3.05, 3.63) is 48.4 Å². The molecule has 0 fully saturated rings. The van der Waals surface area contributed by atoms with Crippen molar-refractivity contribution >= 4 is 23.6 Å². The first kappa shape index (κ1) is 13.6. The van der Waals surface area contributed by atoms with Gasteiger partial charge in [-0.1, -0.05) is 24.3 Å². The Morgan fingerprint density at radius 3 is 2.57 bits per heavy atom. The maximum Gasteiger partial charge on any atom is 0.488 e. The predicted octanol–water partition coefficient (Wildman–Crippen LogP) is 0.168. The van der Waals surface area contributed by atoms with Crippen LogP contribution in [0.5, 0.6) is 5.88 Å². The van der Waals surface area contributed by atoms with Crippen molar-refractivity contribution in [3.8, 4) is 5.88 Å². The summed E-state index contributed by atoms with van der Waals surface area (Å²) in [5, 5.41) is 19.0. The van der Waals surface area contributed by atoms with Gasteiger partial charge in [-0.25, -0.2) is 9.97 Å². The molecule has 0 bridgehead atoms. The van der Waals surface area contributed by atoms with Crippen molar-refractivity contribution in [3.63, 3.8) is 0 Å². The van der Waals surface area contributed by atoms with Gasteiger partial charge in [-0.15, -0.1) is 0 Å². The summed E-state index contributed by atoms with van der Waals surface area (Å²) in [5.74, 6) is 0.553. The van der Waals surface area contributed by atoms with Gasteiger partial charge < -0.3 is 19.4 Å². The Morgan fingerprint density at radius 1 is 1.14 bits per heavy atom. The summed E-state index contributed by atoms with van der Waals surface area (Å²) in [6, 6.07) is 9.03. The molecule has 0 saturated heterocycles. The number of hydrogen-bond donors (Lipinski definition) is 2. The molecule has 6 nitrogen and oxygen atoms in total. The van der Waals surface area contributed by atoms with Crippen LogP contribution in [0.15, 0.2) is 42.9 Å². The van der Waals surface area contributed by atoms with Gasteiger partial charge in [0.15, 0.2) is 0 Å². The molecular formula is C14H14BN3O3. The number of aromatic nitrogens is 3. The second-order valence-corrected chi connectivity index (χ2v) is 4.68. The molecule has 3 rings (SSSR count). The molecule has 0 amide bonds. The predicted molar refractivity (Wildman–Crippen MR) is 79.4 cm³/mol. The summed E-state index contributed by atoms with van der Waals surface area (Å²) < 4.78 is 7.20. The smallest absolute Gasteiger partial charge is 0.480 e. The molecule has 0 spiro atoms. The Bertz CT molecular complexity index is 756. The molecule has 106 valence electrons. The van der Waals surface area contributed by atoms with E-state index >= 15 is 0 Å². The topological polar surface area (TPSA) is 80.4 Å². The number of fused-ring (bicyclic) bond motifs is 1. The fourth-order valence-electron chi connectivity index (χ4n) is 2.26. The molecule has 7 heteroatoms. The summed E-state index contributed by atoms with van der Waals surface area (Å²) in [6.07, 6.45) is 3.40. The van der Waals surface area contributed by atoms with E-state index in [4.69, 9.17) is 14.8 Å². The molecule has 0 atom stereocenters. The Hall–Kier alpha value is -2.38. The van der Waals surface area contributed by atoms with E-state index < -0.39 is 7.12 Å². The largest absolute Gasteiger partial charge is 0.488 e. The van der Waals surface area contributed by atoms with Crippen molar-refractivity contribution in [2.24, 2.45) is 0 Å². The Kier molecular flexibility index (Phi) is 3.59. The van der Waals surface area contributed by atoms with Gasteiger partial charge in [0.1, 0.15) is 12.0 Å². The summed E-state index contributed by atoms with van der Waals surface area (Å²) in [7, 11) is 0.140. The average Bonchev–Trinajstić information content (AvgIpc) is 2.91. The zero-order valence-corrected chi connectivity index (χ0v) is 11.5. The van der Waals surface area contributed by atoms with E-state index in [0.29, 0.717) is 17.9 Å². The first-order valence-corrected chi connectivity index (χ1v) is 6.48. The Labute approximate surface area is 121 Å². The van der Waals surface area contributed by atoms with E-state index in [2.05, 4.69) is 9.97 Å². The highest BCUT2D eigenvalue weighted by molar-refractivity contribution is 6.58. The third-order valence-electron chi connectivity index (χ3n) is 3.34. The summed E-state index contributed by atoms with van der Waals surface area (Å²) >= 11 is 0. The van der Waals surface area contributed by atoms with Crippen LogP contribution in [-0.4, -0.2) is 38.8 Å². The normalized spacial score (nSPS) is 10.8. The van der Waals surface area contributed by atoms with Crippen LogP contribution >= 0.6 is 0 Å². The van der Waals surface area contributed by atoms with E-state index in [9.17, 15) is 0 Å². The Morgan fingerprint density at radius 2 is 1.90 bits per heavy atom. The molecule has 0 unspecified atom stereocenters. The minimum Gasteiger partial charge on any atom is -0.480 e. The van der Waals surface area contributed by atoms with E-state index in [1.807, 2.05) is 29.0 Å². The van der Waals surface area contributed by atoms with Gasteiger partial charge in [0.2, 0.25) is 5.88 Å². The molecule has 2 N–H and O–H groups in total. The minimum atomic E-state index is -1.44. The minimum absolute atomic E-state index is 0.472. The van der Waals surface area contributed by atoms with Gasteiger partial charge in [-0.2, -0.15) is 0 Å².